The first-order chi connectivity index (χ1) is 18.2. The Balaban J connectivity index is 2.18. The van der Waals surface area contributed by atoms with E-state index in [4.69, 9.17) is 9.72 Å². The van der Waals surface area contributed by atoms with Gasteiger partial charge in [0, 0.05) is 36.3 Å². The van der Waals surface area contributed by atoms with Crippen LogP contribution in [0.1, 0.15) is 96.3 Å². The van der Waals surface area contributed by atoms with E-state index in [2.05, 4.69) is 55.9 Å². The number of ether oxygens (including phenoxy) is 1. The lowest BCUT2D eigenvalue weighted by Gasteiger charge is -2.33. The summed E-state index contributed by atoms with van der Waals surface area (Å²) < 4.78 is 33.2. The maximum absolute atomic E-state index is 13.7. The predicted octanol–water partition coefficient (Wildman–Crippen LogP) is 8.43. The number of rotatable bonds is 12. The molecule has 0 aromatic carbocycles. The third kappa shape index (κ3) is 6.43. The highest BCUT2D eigenvalue weighted by atomic mass is 19.3. The van der Waals surface area contributed by atoms with Gasteiger partial charge in [-0.3, -0.25) is 9.97 Å². The number of hydrogen-bond donors (Lipinski definition) is 1. The van der Waals surface area contributed by atoms with Crippen LogP contribution in [0, 0.1) is 0 Å². The van der Waals surface area contributed by atoms with Crippen LogP contribution in [0.5, 0.6) is 0 Å². The van der Waals surface area contributed by atoms with Crippen molar-refractivity contribution < 1.29 is 13.5 Å². The van der Waals surface area contributed by atoms with Gasteiger partial charge in [-0.2, -0.15) is 0 Å². The summed E-state index contributed by atoms with van der Waals surface area (Å²) in [6.45, 7) is 15.6. The van der Waals surface area contributed by atoms with Gasteiger partial charge < -0.3 is 15.0 Å². The van der Waals surface area contributed by atoms with Gasteiger partial charge in [-0.05, 0) is 64.3 Å². The van der Waals surface area contributed by atoms with E-state index in [-0.39, 0.29) is 24.2 Å². The van der Waals surface area contributed by atoms with E-state index in [0.717, 1.165) is 46.9 Å². The molecule has 0 aliphatic carbocycles. The number of anilines is 2. The molecule has 1 N–H and O–H groups in total. The largest absolute Gasteiger partial charge is 0.498 e. The fourth-order valence-corrected chi connectivity index (χ4v) is 5.23. The number of nitrogens with zero attached hydrogens (tertiary/aromatic N) is 3. The van der Waals surface area contributed by atoms with Crippen molar-refractivity contribution in [3.05, 3.63) is 77.1 Å². The zero-order valence-corrected chi connectivity index (χ0v) is 23.8. The maximum atomic E-state index is 13.7. The van der Waals surface area contributed by atoms with Crippen LogP contribution in [0.3, 0.4) is 0 Å². The van der Waals surface area contributed by atoms with Gasteiger partial charge in [-0.1, -0.05) is 45.1 Å². The summed E-state index contributed by atoms with van der Waals surface area (Å²) in [5, 5.41) is 3.49. The Kier molecular flexibility index (Phi) is 10.5. The molecule has 0 amide bonds. The summed E-state index contributed by atoms with van der Waals surface area (Å²) in [5.41, 5.74) is 4.94. The fraction of sp³-hybridized carbons (Fsp3) is 0.484. The Bertz CT molecular complexity index is 1170. The Morgan fingerprint density at radius 1 is 1.21 bits per heavy atom. The number of alkyl halides is 2. The van der Waals surface area contributed by atoms with Crippen LogP contribution in [-0.2, 0) is 11.3 Å². The van der Waals surface area contributed by atoms with Crippen molar-refractivity contribution >= 4 is 16.9 Å². The third-order valence-electron chi connectivity index (χ3n) is 6.98. The minimum Gasteiger partial charge on any atom is -0.498 e. The van der Waals surface area contributed by atoms with Gasteiger partial charge in [0.2, 0.25) is 0 Å². The average Bonchev–Trinajstić information content (AvgIpc) is 3.19. The molecule has 2 aromatic rings. The molecule has 1 aliphatic rings. The van der Waals surface area contributed by atoms with Crippen molar-refractivity contribution in [3.63, 3.8) is 0 Å². The third-order valence-corrected chi connectivity index (χ3v) is 6.98. The quantitative estimate of drug-likeness (QED) is 0.223. The van der Waals surface area contributed by atoms with Gasteiger partial charge in [0.1, 0.15) is 11.5 Å². The number of hydrogen-bond acceptors (Lipinski definition) is 5. The molecule has 2 unspecified atom stereocenters. The number of fused-ring (bicyclic) bond motifs is 1. The molecule has 38 heavy (non-hydrogen) atoms. The normalized spacial score (nSPS) is 18.1. The second-order valence-corrected chi connectivity index (χ2v) is 9.85. The zero-order chi connectivity index (χ0) is 27.8. The van der Waals surface area contributed by atoms with Crippen molar-refractivity contribution in [2.45, 2.75) is 92.3 Å². The van der Waals surface area contributed by atoms with Gasteiger partial charge in [-0.15, -0.1) is 0 Å². The lowest BCUT2D eigenvalue weighted by Crippen LogP contribution is -2.38. The molecule has 3 heterocycles. The Morgan fingerprint density at radius 3 is 2.61 bits per heavy atom. The molecule has 0 radical (unpaired) electrons. The summed E-state index contributed by atoms with van der Waals surface area (Å²) in [6, 6.07) is 5.98. The highest BCUT2D eigenvalue weighted by Crippen LogP contribution is 2.47. The number of aromatic nitrogens is 2. The van der Waals surface area contributed by atoms with Crippen LogP contribution in [0.4, 0.5) is 20.2 Å². The number of halogens is 2. The number of pyridine rings is 2. The van der Waals surface area contributed by atoms with Gasteiger partial charge in [0.05, 0.1) is 29.4 Å². The predicted molar refractivity (Wildman–Crippen MR) is 154 cm³/mol. The smallest absolute Gasteiger partial charge is 0.280 e. The maximum Gasteiger partial charge on any atom is 0.280 e. The molecule has 206 valence electrons. The van der Waals surface area contributed by atoms with E-state index in [1.54, 1.807) is 12.1 Å². The van der Waals surface area contributed by atoms with E-state index >= 15 is 0 Å². The molecule has 0 fully saturated rings. The lowest BCUT2D eigenvalue weighted by atomic mass is 9.98. The van der Waals surface area contributed by atoms with Crippen molar-refractivity contribution in [3.8, 4) is 0 Å². The average molecular weight is 525 g/mol. The van der Waals surface area contributed by atoms with Crippen molar-refractivity contribution in [2.75, 3.05) is 16.8 Å². The SMILES string of the molecule is CC/C=C/C=C\C(=C(/C)OCC)c1cc(NCc2cccnc2C(F)F)c2c(n1)C(C)C(CC)N2C(C)C. The topological polar surface area (TPSA) is 50.3 Å². The molecule has 0 saturated heterocycles. The number of allylic oxidation sites excluding steroid dienone is 6. The summed E-state index contributed by atoms with van der Waals surface area (Å²) in [7, 11) is 0. The first kappa shape index (κ1) is 29.3. The zero-order valence-electron chi connectivity index (χ0n) is 23.8. The minimum atomic E-state index is -2.63. The molecule has 5 nitrogen and oxygen atoms in total. The second kappa shape index (κ2) is 13.5. The molecule has 0 bridgehead atoms. The Hall–Kier alpha value is -3.22. The van der Waals surface area contributed by atoms with Gasteiger partial charge in [0.15, 0.2) is 0 Å². The Labute approximate surface area is 226 Å². The van der Waals surface area contributed by atoms with Gasteiger partial charge in [0.25, 0.3) is 6.43 Å². The highest BCUT2D eigenvalue weighted by Gasteiger charge is 2.39. The van der Waals surface area contributed by atoms with E-state index < -0.39 is 6.43 Å². The summed E-state index contributed by atoms with van der Waals surface area (Å²) in [5.74, 6) is 1.00. The number of nitrogens with one attached hydrogen (secondary N) is 1. The van der Waals surface area contributed by atoms with Crippen LogP contribution in [0.2, 0.25) is 0 Å². The van der Waals surface area contributed by atoms with Gasteiger partial charge in [-0.25, -0.2) is 8.78 Å². The fourth-order valence-electron chi connectivity index (χ4n) is 5.23. The van der Waals surface area contributed by atoms with Crippen molar-refractivity contribution in [1.29, 1.82) is 0 Å². The van der Waals surface area contributed by atoms with Crippen LogP contribution in [-0.4, -0.2) is 28.7 Å². The molecule has 1 aliphatic heterocycles. The van der Waals surface area contributed by atoms with Crippen molar-refractivity contribution in [1.82, 2.24) is 9.97 Å². The van der Waals surface area contributed by atoms with E-state index in [0.29, 0.717) is 18.2 Å². The van der Waals surface area contributed by atoms with Crippen LogP contribution in [0.15, 0.2) is 54.5 Å². The molecule has 0 spiro atoms. The molecule has 2 atom stereocenters. The van der Waals surface area contributed by atoms with E-state index in [1.807, 2.05) is 38.1 Å². The summed E-state index contributed by atoms with van der Waals surface area (Å²) >= 11 is 0. The lowest BCUT2D eigenvalue weighted by molar-refractivity contribution is 0.145. The molecule has 0 saturated carbocycles. The van der Waals surface area contributed by atoms with E-state index in [9.17, 15) is 8.78 Å². The van der Waals surface area contributed by atoms with Gasteiger partial charge >= 0.3 is 0 Å². The highest BCUT2D eigenvalue weighted by molar-refractivity contribution is 5.83. The summed E-state index contributed by atoms with van der Waals surface area (Å²) in [6.07, 6.45) is 8.86. The van der Waals surface area contributed by atoms with Crippen molar-refractivity contribution in [2.24, 2.45) is 0 Å². The molecule has 3 rings (SSSR count). The first-order valence-electron chi connectivity index (χ1n) is 13.7. The van der Waals surface area contributed by atoms with E-state index in [1.165, 1.54) is 6.20 Å². The first-order valence-corrected chi connectivity index (χ1v) is 13.7. The van der Waals surface area contributed by atoms with Crippen LogP contribution >= 0.6 is 0 Å². The van der Waals surface area contributed by atoms with Crippen LogP contribution in [0.25, 0.3) is 5.57 Å². The second-order valence-electron chi connectivity index (χ2n) is 9.85. The molecule has 2 aromatic heterocycles. The molecule has 7 heteroatoms. The monoisotopic (exact) mass is 524 g/mol. The minimum absolute atomic E-state index is 0.190. The molecular formula is C31H42F2N4O. The Morgan fingerprint density at radius 2 is 1.97 bits per heavy atom. The molecular weight excluding hydrogens is 482 g/mol. The van der Waals surface area contributed by atoms with Crippen LogP contribution < -0.4 is 10.2 Å². The summed E-state index contributed by atoms with van der Waals surface area (Å²) in [4.78, 5) is 11.6. The standard InChI is InChI=1S/C31H42F2N4O/c1-8-11-12-13-16-24(22(7)38-10-3)25-18-26(35-19-23-15-14-17-34-29(23)31(32)33)30-28(36-25)21(6)27(9-2)37(30)20(4)5/h11-18,20-21,27,31H,8-10,19H2,1-7H3,(H,35,36)/b12-11+,16-13-,24-22-.